The lowest BCUT2D eigenvalue weighted by Crippen LogP contribution is -2.25. The Bertz CT molecular complexity index is 441. The van der Waals surface area contributed by atoms with Gasteiger partial charge in [-0.15, -0.1) is 0 Å². The summed E-state index contributed by atoms with van der Waals surface area (Å²) in [6.07, 6.45) is 0. The Kier molecular flexibility index (Phi) is 6.77. The average Bonchev–Trinajstić information content (AvgIpc) is 2.53. The van der Waals surface area contributed by atoms with E-state index in [9.17, 15) is 30.7 Å². The van der Waals surface area contributed by atoms with Gasteiger partial charge in [-0.3, -0.25) is 0 Å². The first-order chi connectivity index (χ1) is 10.1. The maximum Gasteiger partial charge on any atom is 0.163 e. The number of halogens is 7. The van der Waals surface area contributed by atoms with Gasteiger partial charge in [-0.1, -0.05) is 0 Å². The van der Waals surface area contributed by atoms with Crippen LogP contribution in [0.15, 0.2) is 0 Å². The fraction of sp³-hybridized carbons (Fsp3) is 0.538. The first-order valence-corrected chi connectivity index (χ1v) is 5.99. The van der Waals surface area contributed by atoms with E-state index in [0.717, 1.165) is 0 Å². The smallest absolute Gasteiger partial charge is 0.163 e. The first-order valence-electron chi connectivity index (χ1n) is 5.99. The maximum atomic E-state index is 13.2. The number of benzene rings is 1. The molecule has 8 heteroatoms. The fourth-order valence-corrected chi connectivity index (χ4v) is 2.32. The molecule has 0 bridgehead atoms. The summed E-state index contributed by atoms with van der Waals surface area (Å²) in [6.45, 7) is -9.67. The van der Waals surface area contributed by atoms with Gasteiger partial charge < -0.3 is 4.90 Å². The summed E-state index contributed by atoms with van der Waals surface area (Å²) >= 11 is 0. The number of hydrogen-bond acceptors (Lipinski definition) is 1. The maximum absolute atomic E-state index is 13.2. The van der Waals surface area contributed by atoms with Crippen molar-refractivity contribution in [2.75, 3.05) is 18.5 Å². The minimum Gasteiger partial charge on any atom is -0.316 e. The Morgan fingerprint density at radius 2 is 0.762 bits per heavy atom. The number of rotatable bonds is 8. The van der Waals surface area contributed by atoms with Crippen molar-refractivity contribution in [1.29, 1.82) is 0 Å². The zero-order valence-corrected chi connectivity index (χ0v) is 11.0. The minimum absolute atomic E-state index is 0.310. The van der Waals surface area contributed by atoms with Gasteiger partial charge in [-0.2, -0.15) is 0 Å². The third-order valence-corrected chi connectivity index (χ3v) is 3.30. The lowest BCUT2D eigenvalue weighted by molar-refractivity contribution is 0.385. The summed E-state index contributed by atoms with van der Waals surface area (Å²) in [5.74, 6) is 0. The molecule has 0 atom stereocenters. The molecular weight excluding hydrogens is 303 g/mol. The normalized spacial score (nSPS) is 11.0. The summed E-state index contributed by atoms with van der Waals surface area (Å²) in [4.78, 5) is 0.310. The summed E-state index contributed by atoms with van der Waals surface area (Å²) in [7, 11) is 0. The third-order valence-electron chi connectivity index (χ3n) is 3.30. The van der Waals surface area contributed by atoms with Crippen molar-refractivity contribution in [3.8, 4) is 0 Å². The molecule has 1 rings (SSSR count). The average molecular weight is 317 g/mol. The predicted molar refractivity (Wildman–Crippen MR) is 64.9 cm³/mol. The van der Waals surface area contributed by atoms with Gasteiger partial charge in [0.2, 0.25) is 0 Å². The second-order valence-corrected chi connectivity index (χ2v) is 4.19. The molecule has 0 N–H and O–H groups in total. The summed E-state index contributed by atoms with van der Waals surface area (Å²) < 4.78 is 91.1. The topological polar surface area (TPSA) is 3.24 Å². The molecule has 0 spiro atoms. The van der Waals surface area contributed by atoms with Gasteiger partial charge in [-0.05, 0) is 16.7 Å². The van der Waals surface area contributed by atoms with Crippen molar-refractivity contribution in [3.05, 3.63) is 27.8 Å². The SMILES string of the molecule is FCc1c(CF)c(CF)c(N(CF)CF)c(CF)c1CF. The van der Waals surface area contributed by atoms with E-state index in [2.05, 4.69) is 0 Å². The highest BCUT2D eigenvalue weighted by atomic mass is 19.2. The van der Waals surface area contributed by atoms with Crippen molar-refractivity contribution in [3.63, 3.8) is 0 Å². The van der Waals surface area contributed by atoms with E-state index in [1.807, 2.05) is 0 Å². The van der Waals surface area contributed by atoms with Crippen LogP contribution in [0.3, 0.4) is 0 Å². The van der Waals surface area contributed by atoms with E-state index in [1.165, 1.54) is 0 Å². The number of nitrogens with zero attached hydrogens (tertiary/aromatic N) is 1. The molecule has 0 fully saturated rings. The zero-order valence-electron chi connectivity index (χ0n) is 11.0. The highest BCUT2D eigenvalue weighted by Gasteiger charge is 2.26. The molecule has 0 saturated carbocycles. The van der Waals surface area contributed by atoms with Crippen LogP contribution < -0.4 is 4.90 Å². The first kappa shape index (κ1) is 17.6. The van der Waals surface area contributed by atoms with E-state index < -0.39 is 80.5 Å². The minimum atomic E-state index is -1.44. The molecule has 0 aliphatic heterocycles. The molecule has 0 radical (unpaired) electrons. The highest BCUT2D eigenvalue weighted by Crippen LogP contribution is 2.38. The molecule has 1 aromatic rings. The summed E-state index contributed by atoms with van der Waals surface area (Å²) in [5.41, 5.74) is -3.22. The van der Waals surface area contributed by atoms with Crippen LogP contribution in [0.4, 0.5) is 36.4 Å². The van der Waals surface area contributed by atoms with Gasteiger partial charge in [0.25, 0.3) is 0 Å². The molecule has 21 heavy (non-hydrogen) atoms. The molecule has 0 aliphatic carbocycles. The third kappa shape index (κ3) is 3.08. The second-order valence-electron chi connectivity index (χ2n) is 4.19. The number of hydrogen-bond donors (Lipinski definition) is 0. The van der Waals surface area contributed by atoms with Crippen LogP contribution in [0.25, 0.3) is 0 Å². The van der Waals surface area contributed by atoms with Crippen molar-refractivity contribution < 1.29 is 30.7 Å². The molecule has 1 nitrogen and oxygen atoms in total. The van der Waals surface area contributed by atoms with E-state index in [1.54, 1.807) is 0 Å². The molecule has 0 amide bonds. The van der Waals surface area contributed by atoms with E-state index in [4.69, 9.17) is 0 Å². The van der Waals surface area contributed by atoms with Crippen LogP contribution in [-0.4, -0.2) is 13.6 Å². The largest absolute Gasteiger partial charge is 0.316 e. The van der Waals surface area contributed by atoms with E-state index in [0.29, 0.717) is 4.90 Å². The van der Waals surface area contributed by atoms with Gasteiger partial charge in [0.05, 0.1) is 5.69 Å². The summed E-state index contributed by atoms with van der Waals surface area (Å²) in [5, 5.41) is 0. The predicted octanol–water partition coefficient (Wildman–Crippen LogP) is 4.69. The standard InChI is InChI=1S/C13H14F7N/c14-1-8-9(2-15)11(4-17)13(21(6-19)7-20)12(5-18)10(8)3-16/h1-7H2. The van der Waals surface area contributed by atoms with Crippen molar-refractivity contribution in [2.24, 2.45) is 0 Å². The molecule has 1 aromatic carbocycles. The zero-order chi connectivity index (χ0) is 16.0. The van der Waals surface area contributed by atoms with Gasteiger partial charge in [-0.25, -0.2) is 30.7 Å². The highest BCUT2D eigenvalue weighted by molar-refractivity contribution is 5.67. The van der Waals surface area contributed by atoms with E-state index >= 15 is 0 Å². The molecular formula is C13H14F7N. The van der Waals surface area contributed by atoms with Gasteiger partial charge in [0, 0.05) is 11.1 Å². The van der Waals surface area contributed by atoms with Crippen LogP contribution in [0.1, 0.15) is 27.8 Å². The lowest BCUT2D eigenvalue weighted by atomic mass is 9.91. The lowest BCUT2D eigenvalue weighted by Gasteiger charge is -2.27. The Balaban J connectivity index is 3.81. The molecule has 0 saturated heterocycles. The number of alkyl halides is 7. The van der Waals surface area contributed by atoms with Crippen molar-refractivity contribution in [1.82, 2.24) is 0 Å². The van der Waals surface area contributed by atoms with Gasteiger partial charge >= 0.3 is 0 Å². The molecule has 0 aliphatic rings. The van der Waals surface area contributed by atoms with E-state index in [-0.39, 0.29) is 0 Å². The fourth-order valence-electron chi connectivity index (χ4n) is 2.32. The monoisotopic (exact) mass is 317 g/mol. The molecule has 0 aromatic heterocycles. The molecule has 0 heterocycles. The Morgan fingerprint density at radius 3 is 1.00 bits per heavy atom. The quantitative estimate of drug-likeness (QED) is 0.496. The van der Waals surface area contributed by atoms with Crippen LogP contribution in [0, 0.1) is 0 Å². The van der Waals surface area contributed by atoms with Gasteiger partial charge in [0.1, 0.15) is 33.4 Å². The molecule has 0 unspecified atom stereocenters. The van der Waals surface area contributed by atoms with Crippen LogP contribution >= 0.6 is 0 Å². The summed E-state index contributed by atoms with van der Waals surface area (Å²) in [6, 6.07) is 0. The van der Waals surface area contributed by atoms with Gasteiger partial charge in [0.15, 0.2) is 13.6 Å². The molecule has 120 valence electrons. The Hall–Kier alpha value is -1.47. The Labute approximate surface area is 117 Å². The Morgan fingerprint density at radius 1 is 0.476 bits per heavy atom. The second kappa shape index (κ2) is 8.09. The van der Waals surface area contributed by atoms with Crippen LogP contribution in [0.5, 0.6) is 0 Å². The number of anilines is 1. The van der Waals surface area contributed by atoms with Crippen LogP contribution in [-0.2, 0) is 33.4 Å². The van der Waals surface area contributed by atoms with Crippen molar-refractivity contribution >= 4 is 5.69 Å². The van der Waals surface area contributed by atoms with Crippen molar-refractivity contribution in [2.45, 2.75) is 33.4 Å². The van der Waals surface area contributed by atoms with Crippen LogP contribution in [0.2, 0.25) is 0 Å².